The third-order valence-corrected chi connectivity index (χ3v) is 4.70. The number of hydrogen-bond donors (Lipinski definition) is 1. The number of nitrogens with two attached hydrogens (primary N) is 1. The molecule has 0 aliphatic rings. The van der Waals surface area contributed by atoms with Crippen LogP contribution in [0.5, 0.6) is 0 Å². The molecule has 0 fully saturated rings. The van der Waals surface area contributed by atoms with E-state index >= 15 is 0 Å². The molecule has 0 aliphatic heterocycles. The summed E-state index contributed by atoms with van der Waals surface area (Å²) < 4.78 is 1.11. The van der Waals surface area contributed by atoms with Crippen molar-refractivity contribution in [3.63, 3.8) is 0 Å². The Morgan fingerprint density at radius 3 is 2.75 bits per heavy atom. The van der Waals surface area contributed by atoms with Gasteiger partial charge in [0.25, 0.3) is 0 Å². The second-order valence-corrected chi connectivity index (χ2v) is 6.69. The van der Waals surface area contributed by atoms with Crippen LogP contribution >= 0.6 is 27.7 Å². The maximum atomic E-state index is 5.84. The first-order chi connectivity index (χ1) is 9.54. The van der Waals surface area contributed by atoms with E-state index in [-0.39, 0.29) is 6.04 Å². The van der Waals surface area contributed by atoms with Gasteiger partial charge in [0, 0.05) is 33.2 Å². The van der Waals surface area contributed by atoms with E-state index in [2.05, 4.69) is 32.0 Å². The molecule has 0 saturated heterocycles. The monoisotopic (exact) mass is 351 g/mol. The fourth-order valence-corrected chi connectivity index (χ4v) is 3.33. The zero-order valence-corrected chi connectivity index (χ0v) is 14.0. The molecular formula is C15H18BrN3S. The zero-order chi connectivity index (χ0) is 14.5. The van der Waals surface area contributed by atoms with Crippen molar-refractivity contribution in [2.75, 3.05) is 0 Å². The van der Waals surface area contributed by atoms with Crippen molar-refractivity contribution in [1.29, 1.82) is 0 Å². The van der Waals surface area contributed by atoms with Gasteiger partial charge in [0.1, 0.15) is 5.82 Å². The van der Waals surface area contributed by atoms with Crippen LogP contribution in [-0.4, -0.2) is 16.0 Å². The number of hydrogen-bond acceptors (Lipinski definition) is 4. The topological polar surface area (TPSA) is 51.8 Å². The van der Waals surface area contributed by atoms with Crippen LogP contribution in [0.2, 0.25) is 0 Å². The van der Waals surface area contributed by atoms with Gasteiger partial charge in [-0.2, -0.15) is 0 Å². The molecule has 1 heterocycles. The van der Waals surface area contributed by atoms with Gasteiger partial charge in [0.05, 0.1) is 5.75 Å². The Morgan fingerprint density at radius 2 is 2.05 bits per heavy atom. The summed E-state index contributed by atoms with van der Waals surface area (Å²) in [5.74, 6) is 1.62. The average molecular weight is 352 g/mol. The van der Waals surface area contributed by atoms with Gasteiger partial charge in [0.2, 0.25) is 0 Å². The molecule has 0 radical (unpaired) electrons. The molecule has 1 aromatic heterocycles. The lowest BCUT2D eigenvalue weighted by Gasteiger charge is -2.08. The summed E-state index contributed by atoms with van der Waals surface area (Å²) in [6.45, 7) is 3.99. The first kappa shape index (κ1) is 15.5. The summed E-state index contributed by atoms with van der Waals surface area (Å²) in [6, 6.07) is 10.3. The van der Waals surface area contributed by atoms with Gasteiger partial charge in [-0.15, -0.1) is 11.8 Å². The molecule has 20 heavy (non-hydrogen) atoms. The molecule has 106 valence electrons. The van der Waals surface area contributed by atoms with E-state index in [1.54, 1.807) is 11.8 Å². The van der Waals surface area contributed by atoms with Crippen molar-refractivity contribution < 1.29 is 0 Å². The molecule has 0 aliphatic carbocycles. The predicted octanol–water partition coefficient (Wildman–Crippen LogP) is 3.73. The molecule has 0 bridgehead atoms. The molecule has 3 nitrogen and oxygen atoms in total. The normalized spacial score (nSPS) is 12.4. The number of aryl methyl sites for hydroxylation is 1. The number of thioether (sulfide) groups is 1. The number of rotatable bonds is 5. The standard InChI is InChI=1S/C15H18BrN3S/c1-10(17)7-12-8-11(2)18-15(19-12)9-20-14-6-4-3-5-13(14)16/h3-6,8,10H,7,9,17H2,1-2H3. The van der Waals surface area contributed by atoms with Gasteiger partial charge in [-0.05, 0) is 48.0 Å². The molecule has 1 atom stereocenters. The van der Waals surface area contributed by atoms with Gasteiger partial charge >= 0.3 is 0 Å². The Hall–Kier alpha value is -0.910. The first-order valence-corrected chi connectivity index (χ1v) is 8.29. The molecule has 5 heteroatoms. The third-order valence-electron chi connectivity index (χ3n) is 2.68. The number of aromatic nitrogens is 2. The van der Waals surface area contributed by atoms with Crippen LogP contribution < -0.4 is 5.73 Å². The molecule has 2 rings (SSSR count). The lowest BCUT2D eigenvalue weighted by atomic mass is 10.2. The fourth-order valence-electron chi connectivity index (χ4n) is 1.90. The second-order valence-electron chi connectivity index (χ2n) is 4.82. The zero-order valence-electron chi connectivity index (χ0n) is 11.6. The van der Waals surface area contributed by atoms with E-state index in [1.807, 2.05) is 38.1 Å². The summed E-state index contributed by atoms with van der Waals surface area (Å²) >= 11 is 5.29. The van der Waals surface area contributed by atoms with Crippen LogP contribution in [0.4, 0.5) is 0 Å². The van der Waals surface area contributed by atoms with Crippen LogP contribution in [0, 0.1) is 6.92 Å². The second kappa shape index (κ2) is 7.20. The largest absolute Gasteiger partial charge is 0.328 e. The highest BCUT2D eigenvalue weighted by atomic mass is 79.9. The highest BCUT2D eigenvalue weighted by Gasteiger charge is 2.06. The summed E-state index contributed by atoms with van der Waals surface area (Å²) in [4.78, 5) is 10.3. The molecule has 2 aromatic rings. The van der Waals surface area contributed by atoms with Crippen LogP contribution in [0.15, 0.2) is 39.7 Å². The van der Waals surface area contributed by atoms with Gasteiger partial charge in [-0.1, -0.05) is 12.1 Å². The summed E-state index contributed by atoms with van der Waals surface area (Å²) in [5.41, 5.74) is 7.86. The van der Waals surface area contributed by atoms with E-state index in [1.165, 1.54) is 4.90 Å². The lowest BCUT2D eigenvalue weighted by Crippen LogP contribution is -2.19. The number of benzene rings is 1. The SMILES string of the molecule is Cc1cc(CC(C)N)nc(CSc2ccccc2Br)n1. The summed E-state index contributed by atoms with van der Waals surface area (Å²) in [5, 5.41) is 0. The molecule has 0 amide bonds. The Labute approximate surface area is 132 Å². The molecule has 2 N–H and O–H groups in total. The number of halogens is 1. The predicted molar refractivity (Wildman–Crippen MR) is 87.8 cm³/mol. The maximum Gasteiger partial charge on any atom is 0.139 e. The van der Waals surface area contributed by atoms with Crippen molar-refractivity contribution in [2.45, 2.75) is 37.0 Å². The molecule has 1 aromatic carbocycles. The van der Waals surface area contributed by atoms with E-state index in [4.69, 9.17) is 5.73 Å². The minimum absolute atomic E-state index is 0.119. The van der Waals surface area contributed by atoms with Gasteiger partial charge < -0.3 is 5.73 Å². The summed E-state index contributed by atoms with van der Waals surface area (Å²) in [6.07, 6.45) is 0.788. The summed E-state index contributed by atoms with van der Waals surface area (Å²) in [7, 11) is 0. The van der Waals surface area contributed by atoms with Crippen LogP contribution in [-0.2, 0) is 12.2 Å². The Bertz CT molecular complexity index is 587. The highest BCUT2D eigenvalue weighted by Crippen LogP contribution is 2.28. The van der Waals surface area contributed by atoms with E-state index in [0.717, 1.165) is 33.9 Å². The Morgan fingerprint density at radius 1 is 1.30 bits per heavy atom. The average Bonchev–Trinajstić information content (AvgIpc) is 2.36. The molecule has 0 spiro atoms. The minimum atomic E-state index is 0.119. The van der Waals surface area contributed by atoms with Gasteiger partial charge in [-0.25, -0.2) is 9.97 Å². The van der Waals surface area contributed by atoms with Crippen LogP contribution in [0.1, 0.15) is 24.1 Å². The van der Waals surface area contributed by atoms with Crippen LogP contribution in [0.25, 0.3) is 0 Å². The molecular weight excluding hydrogens is 334 g/mol. The minimum Gasteiger partial charge on any atom is -0.328 e. The number of nitrogens with zero attached hydrogens (tertiary/aromatic N) is 2. The quantitative estimate of drug-likeness (QED) is 0.833. The Balaban J connectivity index is 2.09. The molecule has 1 unspecified atom stereocenters. The smallest absolute Gasteiger partial charge is 0.139 e. The fraction of sp³-hybridized carbons (Fsp3) is 0.333. The van der Waals surface area contributed by atoms with Gasteiger partial charge in [0.15, 0.2) is 0 Å². The highest BCUT2D eigenvalue weighted by molar-refractivity contribution is 9.10. The van der Waals surface area contributed by atoms with Crippen molar-refractivity contribution in [3.8, 4) is 0 Å². The third kappa shape index (κ3) is 4.58. The van der Waals surface area contributed by atoms with Crippen molar-refractivity contribution in [2.24, 2.45) is 5.73 Å². The lowest BCUT2D eigenvalue weighted by molar-refractivity contribution is 0.713. The Kier molecular flexibility index (Phi) is 5.57. The van der Waals surface area contributed by atoms with Crippen molar-refractivity contribution in [3.05, 3.63) is 52.0 Å². The van der Waals surface area contributed by atoms with Crippen LogP contribution in [0.3, 0.4) is 0 Å². The first-order valence-electron chi connectivity index (χ1n) is 6.51. The van der Waals surface area contributed by atoms with Gasteiger partial charge in [-0.3, -0.25) is 0 Å². The van der Waals surface area contributed by atoms with E-state index in [0.29, 0.717) is 0 Å². The van der Waals surface area contributed by atoms with E-state index < -0.39 is 0 Å². The van der Waals surface area contributed by atoms with Crippen molar-refractivity contribution in [1.82, 2.24) is 9.97 Å². The van der Waals surface area contributed by atoms with E-state index in [9.17, 15) is 0 Å². The maximum absolute atomic E-state index is 5.84. The van der Waals surface area contributed by atoms with Crippen molar-refractivity contribution >= 4 is 27.7 Å². The molecule has 0 saturated carbocycles.